The average molecular weight is 352 g/mol. The number of benzene rings is 1. The van der Waals surface area contributed by atoms with Crippen molar-refractivity contribution in [3.63, 3.8) is 0 Å². The molecule has 0 aliphatic carbocycles. The van der Waals surface area contributed by atoms with Gasteiger partial charge in [-0.2, -0.15) is 0 Å². The van der Waals surface area contributed by atoms with Crippen LogP contribution < -0.4 is 0 Å². The summed E-state index contributed by atoms with van der Waals surface area (Å²) < 4.78 is 27.5. The standard InChI is InChI=1S/C18H22F2N2O3/c1-3-6-15-17(24)13(11-23)18(25)22(21(15)9-4-2)10-12-7-5-8-14(19)16(12)20/h5,7-8,11,15,23H,3-4,6,9-10H2,1-2H3. The van der Waals surface area contributed by atoms with Gasteiger partial charge in [0.25, 0.3) is 5.91 Å². The largest absolute Gasteiger partial charge is 0.515 e. The van der Waals surface area contributed by atoms with Crippen molar-refractivity contribution in [3.8, 4) is 0 Å². The molecule has 1 amide bonds. The van der Waals surface area contributed by atoms with E-state index in [0.717, 1.165) is 6.07 Å². The molecule has 25 heavy (non-hydrogen) atoms. The van der Waals surface area contributed by atoms with Crippen molar-refractivity contribution >= 4 is 11.7 Å². The lowest BCUT2D eigenvalue weighted by atomic mass is 9.96. The minimum atomic E-state index is -1.02. The monoisotopic (exact) mass is 352 g/mol. The molecule has 0 aromatic heterocycles. The van der Waals surface area contributed by atoms with Gasteiger partial charge in [-0.3, -0.25) is 14.6 Å². The molecule has 1 fully saturated rings. The molecule has 136 valence electrons. The van der Waals surface area contributed by atoms with Gasteiger partial charge in [-0.05, 0) is 18.9 Å². The minimum Gasteiger partial charge on any atom is -0.515 e. The number of halogens is 2. The number of nitrogens with zero attached hydrogens (tertiary/aromatic N) is 2. The Bertz CT molecular complexity index is 691. The van der Waals surface area contributed by atoms with E-state index in [2.05, 4.69) is 0 Å². The molecule has 1 unspecified atom stereocenters. The summed E-state index contributed by atoms with van der Waals surface area (Å²) in [5, 5.41) is 12.2. The molecule has 5 nitrogen and oxygen atoms in total. The molecular formula is C18H22F2N2O3. The van der Waals surface area contributed by atoms with E-state index in [0.29, 0.717) is 32.1 Å². The number of amides is 1. The van der Waals surface area contributed by atoms with Gasteiger partial charge < -0.3 is 5.11 Å². The first kappa shape index (κ1) is 19.1. The Morgan fingerprint density at radius 3 is 2.52 bits per heavy atom. The third kappa shape index (κ3) is 3.71. The maximum absolute atomic E-state index is 14.0. The molecule has 1 saturated heterocycles. The summed E-state index contributed by atoms with van der Waals surface area (Å²) in [5.41, 5.74) is -0.320. The van der Waals surface area contributed by atoms with Crippen LogP contribution in [0.1, 0.15) is 38.7 Å². The summed E-state index contributed by atoms with van der Waals surface area (Å²) in [7, 11) is 0. The van der Waals surface area contributed by atoms with Crippen LogP contribution in [0.15, 0.2) is 30.0 Å². The lowest BCUT2D eigenvalue weighted by molar-refractivity contribution is -0.164. The van der Waals surface area contributed by atoms with E-state index in [9.17, 15) is 23.5 Å². The molecule has 2 rings (SSSR count). The highest BCUT2D eigenvalue weighted by Crippen LogP contribution is 2.26. The Labute approximate surface area is 145 Å². The van der Waals surface area contributed by atoms with Gasteiger partial charge >= 0.3 is 0 Å². The fourth-order valence-corrected chi connectivity index (χ4v) is 3.02. The number of carbonyl (C=O) groups excluding carboxylic acids is 2. The van der Waals surface area contributed by atoms with Crippen LogP contribution in [0.3, 0.4) is 0 Å². The Kier molecular flexibility index (Phi) is 6.25. The smallest absolute Gasteiger partial charge is 0.275 e. The Morgan fingerprint density at radius 2 is 1.92 bits per heavy atom. The summed E-state index contributed by atoms with van der Waals surface area (Å²) in [6.45, 7) is 4.01. The van der Waals surface area contributed by atoms with Crippen molar-refractivity contribution in [3.05, 3.63) is 47.2 Å². The summed E-state index contributed by atoms with van der Waals surface area (Å²) in [4.78, 5) is 25.1. The fraction of sp³-hybridized carbons (Fsp3) is 0.444. The lowest BCUT2D eigenvalue weighted by Crippen LogP contribution is -2.60. The van der Waals surface area contributed by atoms with Gasteiger partial charge in [0.15, 0.2) is 17.4 Å². The first-order valence-electron chi connectivity index (χ1n) is 8.36. The molecule has 1 N–H and O–H groups in total. The van der Waals surface area contributed by atoms with Crippen LogP contribution >= 0.6 is 0 Å². The number of aliphatic hydroxyl groups is 1. The fourth-order valence-electron chi connectivity index (χ4n) is 3.02. The average Bonchev–Trinajstić information content (AvgIpc) is 2.59. The van der Waals surface area contributed by atoms with Crippen LogP contribution in [0.4, 0.5) is 8.78 Å². The number of hydrogen-bond acceptors (Lipinski definition) is 4. The maximum Gasteiger partial charge on any atom is 0.275 e. The van der Waals surface area contributed by atoms with Gasteiger partial charge in [0, 0.05) is 12.1 Å². The van der Waals surface area contributed by atoms with Gasteiger partial charge in [0.05, 0.1) is 18.8 Å². The van der Waals surface area contributed by atoms with Crippen LogP contribution in [0.25, 0.3) is 0 Å². The SMILES string of the molecule is CCCC1C(=O)C(=CO)C(=O)N(Cc2cccc(F)c2F)N1CCC. The van der Waals surface area contributed by atoms with Crippen molar-refractivity contribution in [2.24, 2.45) is 0 Å². The Hall–Kier alpha value is -2.28. The number of hydrogen-bond donors (Lipinski definition) is 1. The highest BCUT2D eigenvalue weighted by Gasteiger charge is 2.42. The van der Waals surface area contributed by atoms with Gasteiger partial charge in [0.2, 0.25) is 0 Å². The quantitative estimate of drug-likeness (QED) is 0.485. The summed E-state index contributed by atoms with van der Waals surface area (Å²) in [5.74, 6) is -3.18. The Balaban J connectivity index is 2.44. The molecule has 0 bridgehead atoms. The van der Waals surface area contributed by atoms with E-state index in [1.54, 1.807) is 5.01 Å². The van der Waals surface area contributed by atoms with Crippen LogP contribution in [0, 0.1) is 11.6 Å². The molecular weight excluding hydrogens is 330 g/mol. The predicted molar refractivity (Wildman–Crippen MR) is 88.3 cm³/mol. The number of carbonyl (C=O) groups is 2. The zero-order chi connectivity index (χ0) is 18.6. The van der Waals surface area contributed by atoms with Crippen LogP contribution in [0.2, 0.25) is 0 Å². The van der Waals surface area contributed by atoms with Gasteiger partial charge in [-0.25, -0.2) is 13.8 Å². The van der Waals surface area contributed by atoms with E-state index in [4.69, 9.17) is 0 Å². The molecule has 1 aromatic rings. The third-order valence-corrected chi connectivity index (χ3v) is 4.20. The van der Waals surface area contributed by atoms with E-state index >= 15 is 0 Å². The van der Waals surface area contributed by atoms with Gasteiger partial charge in [0.1, 0.15) is 5.57 Å². The summed E-state index contributed by atoms with van der Waals surface area (Å²) in [6, 6.07) is 3.15. The zero-order valence-corrected chi connectivity index (χ0v) is 14.3. The highest BCUT2D eigenvalue weighted by molar-refractivity contribution is 6.22. The van der Waals surface area contributed by atoms with Gasteiger partial charge in [-0.15, -0.1) is 0 Å². The molecule has 1 heterocycles. The second-order valence-electron chi connectivity index (χ2n) is 5.95. The topological polar surface area (TPSA) is 60.9 Å². The van der Waals surface area contributed by atoms with E-state index < -0.39 is 29.4 Å². The van der Waals surface area contributed by atoms with Crippen molar-refractivity contribution < 1.29 is 23.5 Å². The molecule has 0 spiro atoms. The number of rotatable bonds is 6. The first-order valence-corrected chi connectivity index (χ1v) is 8.36. The van der Waals surface area contributed by atoms with Crippen LogP contribution in [0.5, 0.6) is 0 Å². The second kappa shape index (κ2) is 8.20. The second-order valence-corrected chi connectivity index (χ2v) is 5.95. The summed E-state index contributed by atoms with van der Waals surface area (Å²) in [6.07, 6.45) is 2.36. The zero-order valence-electron chi connectivity index (χ0n) is 14.3. The minimum absolute atomic E-state index is 0.0105. The summed E-state index contributed by atoms with van der Waals surface area (Å²) >= 11 is 0. The van der Waals surface area contributed by atoms with Crippen molar-refractivity contribution in [1.29, 1.82) is 0 Å². The van der Waals surface area contributed by atoms with Crippen molar-refractivity contribution in [1.82, 2.24) is 10.0 Å². The number of aliphatic hydroxyl groups excluding tert-OH is 1. The van der Waals surface area contributed by atoms with Gasteiger partial charge in [-0.1, -0.05) is 32.4 Å². The van der Waals surface area contributed by atoms with E-state index in [1.165, 1.54) is 17.1 Å². The lowest BCUT2D eigenvalue weighted by Gasteiger charge is -2.43. The van der Waals surface area contributed by atoms with Crippen molar-refractivity contribution in [2.75, 3.05) is 6.54 Å². The van der Waals surface area contributed by atoms with Crippen molar-refractivity contribution in [2.45, 2.75) is 45.7 Å². The predicted octanol–water partition coefficient (Wildman–Crippen LogP) is 3.11. The normalized spacial score (nSPS) is 20.6. The molecule has 0 radical (unpaired) electrons. The van der Waals surface area contributed by atoms with E-state index in [1.807, 2.05) is 13.8 Å². The van der Waals surface area contributed by atoms with E-state index in [-0.39, 0.29) is 17.7 Å². The first-order chi connectivity index (χ1) is 12.0. The Morgan fingerprint density at radius 1 is 1.20 bits per heavy atom. The third-order valence-electron chi connectivity index (χ3n) is 4.20. The van der Waals surface area contributed by atoms with Crippen LogP contribution in [-0.2, 0) is 16.1 Å². The molecule has 1 aliphatic rings. The molecule has 7 heteroatoms. The highest BCUT2D eigenvalue weighted by atomic mass is 19.2. The number of ketones is 1. The molecule has 1 aromatic carbocycles. The molecule has 0 saturated carbocycles. The van der Waals surface area contributed by atoms with Crippen LogP contribution in [-0.4, -0.2) is 39.4 Å². The maximum atomic E-state index is 14.0. The molecule has 1 atom stereocenters. The number of Topliss-reactive ketones (excluding diaryl/α,β-unsaturated/α-hetero) is 1. The number of hydrazine groups is 1. The molecule has 1 aliphatic heterocycles.